The molecule has 3 heterocycles. The van der Waals surface area contributed by atoms with E-state index >= 15 is 0 Å². The van der Waals surface area contributed by atoms with Crippen molar-refractivity contribution in [3.05, 3.63) is 40.5 Å². The van der Waals surface area contributed by atoms with Gasteiger partial charge in [-0.25, -0.2) is 4.98 Å². The second-order valence-corrected chi connectivity index (χ2v) is 11.2. The number of carbonyl (C=O) groups is 1. The summed E-state index contributed by atoms with van der Waals surface area (Å²) in [5.74, 6) is 0.615. The summed E-state index contributed by atoms with van der Waals surface area (Å²) in [5.41, 5.74) is 2.35. The first-order chi connectivity index (χ1) is 17.7. The summed E-state index contributed by atoms with van der Waals surface area (Å²) in [4.78, 5) is 20.5. The average molecular weight is 536 g/mol. The van der Waals surface area contributed by atoms with Gasteiger partial charge in [0.15, 0.2) is 6.61 Å². The zero-order valence-electron chi connectivity index (χ0n) is 20.9. The van der Waals surface area contributed by atoms with Crippen LogP contribution in [0.5, 0.6) is 5.19 Å². The monoisotopic (exact) mass is 535 g/mol. The van der Waals surface area contributed by atoms with Crippen LogP contribution in [-0.2, 0) is 19.9 Å². The zero-order valence-corrected chi connectivity index (χ0v) is 21.7. The topological polar surface area (TPSA) is 72.3 Å². The quantitative estimate of drug-likeness (QED) is 0.473. The lowest BCUT2D eigenvalue weighted by molar-refractivity contribution is -0.153. The van der Waals surface area contributed by atoms with E-state index in [0.29, 0.717) is 11.5 Å². The minimum absolute atomic E-state index is 0.0337. The van der Waals surface area contributed by atoms with Crippen LogP contribution in [0.15, 0.2) is 24.4 Å². The van der Waals surface area contributed by atoms with Crippen LogP contribution in [0.4, 0.5) is 13.2 Å². The molecule has 3 aromatic rings. The minimum Gasteiger partial charge on any atom is -0.460 e. The van der Waals surface area contributed by atoms with Crippen molar-refractivity contribution >= 4 is 28.1 Å². The molecule has 7 nitrogen and oxygen atoms in total. The van der Waals surface area contributed by atoms with Crippen LogP contribution < -0.4 is 10.1 Å². The standard InChI is InChI=1S/C26H32F3N5O2S/c1-33-15-19-5-4-18(14-22(19)32-33)24(35)30-20-6-2-17(3-7-20)8-11-34-12-9-21-23(10-13-34)37-25(31-21)36-16-26(27,28)29/h4-5,14-15,17,20H,2-3,6-13,16H2,1H3,(H,30,35)/t17-,20-. The third-order valence-corrected chi connectivity index (χ3v) is 8.43. The van der Waals surface area contributed by atoms with Gasteiger partial charge in [0.2, 0.25) is 0 Å². The lowest BCUT2D eigenvalue weighted by Gasteiger charge is -2.30. The van der Waals surface area contributed by atoms with Gasteiger partial charge in [-0.3, -0.25) is 9.48 Å². The molecule has 1 N–H and O–H groups in total. The summed E-state index contributed by atoms with van der Waals surface area (Å²) >= 11 is 1.24. The van der Waals surface area contributed by atoms with Gasteiger partial charge in [-0.2, -0.15) is 18.3 Å². The van der Waals surface area contributed by atoms with E-state index in [1.165, 1.54) is 11.3 Å². The van der Waals surface area contributed by atoms with E-state index in [0.717, 1.165) is 86.1 Å². The number of hydrogen-bond donors (Lipinski definition) is 1. The van der Waals surface area contributed by atoms with E-state index in [2.05, 4.69) is 20.3 Å². The second kappa shape index (κ2) is 11.0. The van der Waals surface area contributed by atoms with Gasteiger partial charge in [0, 0.05) is 54.6 Å². The molecule has 1 amide bonds. The first kappa shape index (κ1) is 26.0. The zero-order chi connectivity index (χ0) is 26.0. The van der Waals surface area contributed by atoms with Gasteiger partial charge in [-0.15, -0.1) is 0 Å². The molecule has 37 heavy (non-hydrogen) atoms. The Hall–Kier alpha value is -2.66. The number of alkyl halides is 3. The SMILES string of the molecule is Cn1cc2ccc(C(=O)N[C@H]3CC[C@H](CCN4CCc5nc(OCC(F)(F)F)sc5CC4)CC3)cc2n1. The van der Waals surface area contributed by atoms with Gasteiger partial charge in [-0.05, 0) is 63.1 Å². The predicted molar refractivity (Wildman–Crippen MR) is 136 cm³/mol. The number of benzene rings is 1. The molecular weight excluding hydrogens is 503 g/mol. The van der Waals surface area contributed by atoms with E-state index in [1.54, 1.807) is 4.68 Å². The molecule has 5 rings (SSSR count). The Morgan fingerprint density at radius 2 is 1.97 bits per heavy atom. The summed E-state index contributed by atoms with van der Waals surface area (Å²) in [5, 5.41) is 8.75. The first-order valence-electron chi connectivity index (χ1n) is 12.9. The molecule has 0 saturated heterocycles. The number of thiazole rings is 1. The van der Waals surface area contributed by atoms with Crippen molar-refractivity contribution in [3.63, 3.8) is 0 Å². The Bertz CT molecular complexity index is 1210. The number of hydrogen-bond acceptors (Lipinski definition) is 6. The van der Waals surface area contributed by atoms with Gasteiger partial charge in [0.1, 0.15) is 0 Å². The number of nitrogens with one attached hydrogen (secondary N) is 1. The van der Waals surface area contributed by atoms with Crippen LogP contribution >= 0.6 is 11.3 Å². The normalized spacial score (nSPS) is 21.0. The number of nitrogens with zero attached hydrogens (tertiary/aromatic N) is 4. The highest BCUT2D eigenvalue weighted by Crippen LogP contribution is 2.31. The number of halogens is 3. The molecule has 11 heteroatoms. The summed E-state index contributed by atoms with van der Waals surface area (Å²) in [6, 6.07) is 5.85. The molecule has 1 saturated carbocycles. The summed E-state index contributed by atoms with van der Waals surface area (Å²) in [6.07, 6.45) is 4.44. The number of fused-ring (bicyclic) bond motifs is 2. The maximum absolute atomic E-state index is 12.8. The van der Waals surface area contributed by atoms with E-state index in [4.69, 9.17) is 4.74 Å². The van der Waals surface area contributed by atoms with E-state index < -0.39 is 12.8 Å². The smallest absolute Gasteiger partial charge is 0.422 e. The molecule has 0 spiro atoms. The fourth-order valence-corrected chi connectivity index (χ4v) is 6.27. The van der Waals surface area contributed by atoms with E-state index in [9.17, 15) is 18.0 Å². The highest BCUT2D eigenvalue weighted by molar-refractivity contribution is 7.13. The number of ether oxygens (including phenoxy) is 1. The van der Waals surface area contributed by atoms with Gasteiger partial charge in [0.05, 0.1) is 11.2 Å². The van der Waals surface area contributed by atoms with Gasteiger partial charge >= 0.3 is 6.18 Å². The second-order valence-electron chi connectivity index (χ2n) is 10.2. The van der Waals surface area contributed by atoms with Gasteiger partial charge < -0.3 is 15.0 Å². The maximum Gasteiger partial charge on any atom is 0.422 e. The lowest BCUT2D eigenvalue weighted by atomic mass is 9.84. The van der Waals surface area contributed by atoms with Crippen molar-refractivity contribution in [2.45, 2.75) is 57.2 Å². The van der Waals surface area contributed by atoms with Crippen LogP contribution in [0.25, 0.3) is 10.9 Å². The van der Waals surface area contributed by atoms with E-state index in [1.807, 2.05) is 31.4 Å². The molecule has 0 atom stereocenters. The molecule has 2 aliphatic rings. The fraction of sp³-hybridized carbons (Fsp3) is 0.577. The fourth-order valence-electron chi connectivity index (χ4n) is 5.32. The van der Waals surface area contributed by atoms with Crippen LogP contribution in [0.2, 0.25) is 0 Å². The Morgan fingerprint density at radius 3 is 2.76 bits per heavy atom. The van der Waals surface area contributed by atoms with Crippen molar-refractivity contribution in [1.82, 2.24) is 25.0 Å². The van der Waals surface area contributed by atoms with Crippen LogP contribution in [0, 0.1) is 5.92 Å². The van der Waals surface area contributed by atoms with Crippen molar-refractivity contribution in [1.29, 1.82) is 0 Å². The molecule has 0 unspecified atom stereocenters. The molecule has 0 radical (unpaired) electrons. The maximum atomic E-state index is 12.8. The molecule has 2 aromatic heterocycles. The molecule has 1 aromatic carbocycles. The molecule has 1 aliphatic carbocycles. The van der Waals surface area contributed by atoms with Crippen molar-refractivity contribution in [2.75, 3.05) is 26.2 Å². The summed E-state index contributed by atoms with van der Waals surface area (Å²) in [7, 11) is 1.87. The Kier molecular flexibility index (Phi) is 7.71. The van der Waals surface area contributed by atoms with Crippen LogP contribution in [0.3, 0.4) is 0 Å². The number of amides is 1. The minimum atomic E-state index is -4.35. The third-order valence-electron chi connectivity index (χ3n) is 7.36. The van der Waals surface area contributed by atoms with Crippen molar-refractivity contribution in [2.24, 2.45) is 13.0 Å². The summed E-state index contributed by atoms with van der Waals surface area (Å²) in [6.45, 7) is 1.47. The molecule has 200 valence electrons. The van der Waals surface area contributed by atoms with Crippen LogP contribution in [-0.4, -0.2) is 64.0 Å². The number of carbonyl (C=O) groups excluding carboxylic acids is 1. The summed E-state index contributed by atoms with van der Waals surface area (Å²) < 4.78 is 43.8. The predicted octanol–water partition coefficient (Wildman–Crippen LogP) is 4.75. The number of rotatable bonds is 7. The average Bonchev–Trinajstić information content (AvgIpc) is 3.38. The Balaban J connectivity index is 1.03. The highest BCUT2D eigenvalue weighted by atomic mass is 32.1. The molecular formula is C26H32F3N5O2S. The lowest BCUT2D eigenvalue weighted by Crippen LogP contribution is -2.38. The Labute approximate surface area is 218 Å². The Morgan fingerprint density at radius 1 is 1.19 bits per heavy atom. The van der Waals surface area contributed by atoms with Gasteiger partial charge in [0.25, 0.3) is 11.1 Å². The molecule has 0 bridgehead atoms. The number of aryl methyl sites for hydroxylation is 1. The van der Waals surface area contributed by atoms with Crippen molar-refractivity contribution < 1.29 is 22.7 Å². The first-order valence-corrected chi connectivity index (χ1v) is 13.7. The third kappa shape index (κ3) is 6.81. The highest BCUT2D eigenvalue weighted by Gasteiger charge is 2.30. The van der Waals surface area contributed by atoms with Gasteiger partial charge in [-0.1, -0.05) is 17.4 Å². The molecule has 1 fully saturated rings. The number of aromatic nitrogens is 3. The van der Waals surface area contributed by atoms with Crippen LogP contribution in [0.1, 0.15) is 53.0 Å². The van der Waals surface area contributed by atoms with Crippen molar-refractivity contribution in [3.8, 4) is 5.19 Å². The van der Waals surface area contributed by atoms with E-state index in [-0.39, 0.29) is 17.1 Å². The molecule has 1 aliphatic heterocycles. The largest absolute Gasteiger partial charge is 0.460 e.